The molecule has 0 fully saturated rings. The van der Waals surface area contributed by atoms with Crippen LogP contribution in [0.15, 0.2) is 38.5 Å². The van der Waals surface area contributed by atoms with Crippen LogP contribution in [0.2, 0.25) is 0 Å². The van der Waals surface area contributed by atoms with Crippen molar-refractivity contribution in [1.29, 1.82) is 0 Å². The average molecular weight is 375 g/mol. The molecule has 0 aliphatic carbocycles. The van der Waals surface area contributed by atoms with Crippen LogP contribution in [0.5, 0.6) is 11.5 Å². The maximum atomic E-state index is 12.2. The highest BCUT2D eigenvalue weighted by molar-refractivity contribution is 7.99. The van der Waals surface area contributed by atoms with Gasteiger partial charge in [0.05, 0.1) is 10.6 Å². The van der Waals surface area contributed by atoms with Crippen molar-refractivity contribution in [3.05, 3.63) is 61.7 Å². The molecule has 0 saturated carbocycles. The van der Waals surface area contributed by atoms with Crippen LogP contribution in [0.25, 0.3) is 0 Å². The maximum absolute atomic E-state index is 12.2. The zero-order chi connectivity index (χ0) is 18.8. The summed E-state index contributed by atoms with van der Waals surface area (Å²) < 4.78 is 5.06. The van der Waals surface area contributed by atoms with Gasteiger partial charge >= 0.3 is 5.63 Å². The highest BCUT2D eigenvalue weighted by Gasteiger charge is 2.25. The normalized spacial score (nSPS) is 17.4. The summed E-state index contributed by atoms with van der Waals surface area (Å²) in [5.74, 6) is 0.0733. The van der Waals surface area contributed by atoms with Gasteiger partial charge in [-0.1, -0.05) is 12.1 Å². The highest BCUT2D eigenvalue weighted by atomic mass is 32.2. The number of aryl methyl sites for hydroxylation is 1. The maximum Gasteiger partial charge on any atom is 0.348 e. The number of hydrogen-bond donors (Lipinski definition) is 1. The van der Waals surface area contributed by atoms with Crippen molar-refractivity contribution < 1.29 is 19.6 Å². The van der Waals surface area contributed by atoms with Crippen LogP contribution in [-0.2, 0) is 0 Å². The Labute approximate surface area is 152 Å². The third-order valence-corrected chi connectivity index (χ3v) is 5.25. The van der Waals surface area contributed by atoms with Gasteiger partial charge in [0.1, 0.15) is 17.1 Å². The largest absolute Gasteiger partial charge is 0.868 e. The molecule has 3 rings (SSSR count). The van der Waals surface area contributed by atoms with Crippen LogP contribution in [0, 0.1) is 17.0 Å². The molecule has 26 heavy (non-hydrogen) atoms. The number of hydrogen-bond acceptors (Lipinski definition) is 8. The second kappa shape index (κ2) is 7.20. The van der Waals surface area contributed by atoms with E-state index in [4.69, 9.17) is 4.42 Å². The molecule has 9 heteroatoms. The van der Waals surface area contributed by atoms with Gasteiger partial charge in [0.25, 0.3) is 5.69 Å². The Bertz CT molecular complexity index is 953. The van der Waals surface area contributed by atoms with E-state index < -0.39 is 22.0 Å². The monoisotopic (exact) mass is 375 g/mol. The number of aliphatic imine (C=N–C) groups is 1. The number of rotatable bonds is 3. The number of benzene rings is 1. The van der Waals surface area contributed by atoms with Gasteiger partial charge in [-0.2, -0.15) is 11.8 Å². The lowest BCUT2D eigenvalue weighted by atomic mass is 10.0. The number of nitro benzene ring substituents is 1. The van der Waals surface area contributed by atoms with Crippen LogP contribution in [0.4, 0.5) is 5.69 Å². The fourth-order valence-corrected chi connectivity index (χ4v) is 3.90. The summed E-state index contributed by atoms with van der Waals surface area (Å²) in [4.78, 5) is 26.8. The van der Waals surface area contributed by atoms with Crippen LogP contribution < -0.4 is 10.7 Å². The van der Waals surface area contributed by atoms with Crippen molar-refractivity contribution in [1.82, 2.24) is 0 Å². The molecule has 0 amide bonds. The van der Waals surface area contributed by atoms with Gasteiger partial charge in [-0.15, -0.1) is 0 Å². The second-order valence-corrected chi connectivity index (χ2v) is 7.09. The van der Waals surface area contributed by atoms with Gasteiger partial charge in [-0.05, 0) is 18.2 Å². The Hall–Kier alpha value is -2.81. The van der Waals surface area contributed by atoms with Gasteiger partial charge in [0.2, 0.25) is 0 Å². The average Bonchev–Trinajstić information content (AvgIpc) is 2.80. The van der Waals surface area contributed by atoms with Crippen LogP contribution >= 0.6 is 11.8 Å². The van der Waals surface area contributed by atoms with E-state index in [1.807, 2.05) is 0 Å². The Morgan fingerprint density at radius 2 is 2.15 bits per heavy atom. The minimum Gasteiger partial charge on any atom is -0.868 e. The van der Waals surface area contributed by atoms with Gasteiger partial charge in [0, 0.05) is 36.1 Å². The SMILES string of the molecule is Cc1cc(O)c(C2=NCCSC(c3ccc([O-])c([N+](=O)[O-])c3)C2)c(=O)o1. The Morgan fingerprint density at radius 3 is 2.85 bits per heavy atom. The molecule has 8 nitrogen and oxygen atoms in total. The molecule has 0 saturated heterocycles. The minimum atomic E-state index is -0.706. The van der Waals surface area contributed by atoms with E-state index in [0.29, 0.717) is 23.6 Å². The third-order valence-electron chi connectivity index (χ3n) is 3.99. The van der Waals surface area contributed by atoms with Gasteiger partial charge < -0.3 is 14.6 Å². The lowest BCUT2D eigenvalue weighted by Crippen LogP contribution is -2.17. The fourth-order valence-electron chi connectivity index (χ4n) is 2.81. The van der Waals surface area contributed by atoms with E-state index in [1.165, 1.54) is 30.0 Å². The lowest BCUT2D eigenvalue weighted by molar-refractivity contribution is -0.398. The predicted molar refractivity (Wildman–Crippen MR) is 95.1 cm³/mol. The minimum absolute atomic E-state index is 0.0121. The molecular weight excluding hydrogens is 360 g/mol. The van der Waals surface area contributed by atoms with Crippen molar-refractivity contribution in [2.75, 3.05) is 12.3 Å². The molecule has 136 valence electrons. The Balaban J connectivity index is 1.98. The molecule has 1 aliphatic heterocycles. The molecular formula is C17H15N2O6S-. The third kappa shape index (κ3) is 3.57. The predicted octanol–water partition coefficient (Wildman–Crippen LogP) is 2.30. The molecule has 1 aromatic heterocycles. The highest BCUT2D eigenvalue weighted by Crippen LogP contribution is 2.38. The second-order valence-electron chi connectivity index (χ2n) is 5.78. The van der Waals surface area contributed by atoms with Crippen molar-refractivity contribution in [2.45, 2.75) is 18.6 Å². The number of nitrogens with zero attached hydrogens (tertiary/aromatic N) is 2. The molecule has 2 heterocycles. The fraction of sp³-hybridized carbons (Fsp3) is 0.294. The van der Waals surface area contributed by atoms with Crippen molar-refractivity contribution in [3.63, 3.8) is 0 Å². The van der Waals surface area contributed by atoms with E-state index in [1.54, 1.807) is 13.0 Å². The molecule has 0 spiro atoms. The molecule has 2 aromatic rings. The summed E-state index contributed by atoms with van der Waals surface area (Å²) >= 11 is 1.52. The Kier molecular flexibility index (Phi) is 4.99. The first-order valence-electron chi connectivity index (χ1n) is 7.81. The first-order valence-corrected chi connectivity index (χ1v) is 8.86. The van der Waals surface area contributed by atoms with Crippen LogP contribution in [-0.4, -0.2) is 28.0 Å². The van der Waals surface area contributed by atoms with Crippen LogP contribution in [0.1, 0.15) is 28.6 Å². The van der Waals surface area contributed by atoms with E-state index in [-0.39, 0.29) is 28.7 Å². The van der Waals surface area contributed by atoms with Crippen LogP contribution in [0.3, 0.4) is 0 Å². The van der Waals surface area contributed by atoms with E-state index in [9.17, 15) is 25.1 Å². The summed E-state index contributed by atoms with van der Waals surface area (Å²) in [6, 6.07) is 5.34. The molecule has 0 bridgehead atoms. The summed E-state index contributed by atoms with van der Waals surface area (Å²) in [6.07, 6.45) is 0.279. The molecule has 0 radical (unpaired) electrons. The topological polar surface area (TPSA) is 129 Å². The van der Waals surface area contributed by atoms with Crippen molar-refractivity contribution >= 4 is 23.2 Å². The first-order chi connectivity index (χ1) is 12.4. The quantitative estimate of drug-likeness (QED) is 0.643. The number of aromatic hydroxyl groups is 1. The summed E-state index contributed by atoms with van der Waals surface area (Å²) in [7, 11) is 0. The standard InChI is InChI=1S/C17H16N2O6S/c1-9-6-14(21)16(17(22)25-9)11-8-15(26-5-4-18-11)10-2-3-13(20)12(7-10)19(23)24/h2-3,6-7,15,20-21H,4-5,8H2,1H3/p-1. The van der Waals surface area contributed by atoms with Crippen molar-refractivity contribution in [3.8, 4) is 11.5 Å². The Morgan fingerprint density at radius 1 is 1.38 bits per heavy atom. The molecule has 1 aromatic carbocycles. The van der Waals surface area contributed by atoms with E-state index >= 15 is 0 Å². The number of nitro groups is 1. The molecule has 1 aliphatic rings. The van der Waals surface area contributed by atoms with Gasteiger partial charge in [-0.25, -0.2) is 4.79 Å². The smallest absolute Gasteiger partial charge is 0.348 e. The lowest BCUT2D eigenvalue weighted by Gasteiger charge is -2.17. The van der Waals surface area contributed by atoms with Gasteiger partial charge in [-0.3, -0.25) is 15.1 Å². The first kappa shape index (κ1) is 18.0. The molecule has 1 atom stereocenters. The zero-order valence-corrected chi connectivity index (χ0v) is 14.6. The summed E-state index contributed by atoms with van der Waals surface area (Å²) in [6.45, 7) is 1.99. The zero-order valence-electron chi connectivity index (χ0n) is 13.8. The molecule has 1 N–H and O–H groups in total. The van der Waals surface area contributed by atoms with Crippen molar-refractivity contribution in [2.24, 2.45) is 4.99 Å². The summed E-state index contributed by atoms with van der Waals surface area (Å²) in [5.41, 5.74) is -0.152. The van der Waals surface area contributed by atoms with E-state index in [2.05, 4.69) is 4.99 Å². The van der Waals surface area contributed by atoms with E-state index in [0.717, 1.165) is 0 Å². The number of thioether (sulfide) groups is 1. The summed E-state index contributed by atoms with van der Waals surface area (Å²) in [5, 5.41) is 32.5. The molecule has 1 unspecified atom stereocenters. The van der Waals surface area contributed by atoms with Gasteiger partial charge in [0.15, 0.2) is 0 Å².